The number of rotatable bonds is 7. The van der Waals surface area contributed by atoms with Gasteiger partial charge < -0.3 is 15.2 Å². The lowest BCUT2D eigenvalue weighted by atomic mass is 9.77. The Bertz CT molecular complexity index is 787. The second kappa shape index (κ2) is 7.38. The first-order valence-corrected chi connectivity index (χ1v) is 8.30. The Balaban J connectivity index is 1.61. The molecule has 0 radical (unpaired) electrons. The van der Waals surface area contributed by atoms with Crippen LogP contribution in [-0.4, -0.2) is 30.6 Å². The van der Waals surface area contributed by atoms with E-state index in [1.165, 1.54) is 5.56 Å². The van der Waals surface area contributed by atoms with E-state index in [0.717, 1.165) is 11.1 Å². The molecule has 0 spiro atoms. The summed E-state index contributed by atoms with van der Waals surface area (Å²) in [6.07, 6.45) is 1.02. The Morgan fingerprint density at radius 1 is 1.20 bits per heavy atom. The lowest BCUT2D eigenvalue weighted by Crippen LogP contribution is -2.40. The first-order valence-electron chi connectivity index (χ1n) is 8.30. The number of para-hydroxylation sites is 1. The molecule has 2 aromatic rings. The van der Waals surface area contributed by atoms with Gasteiger partial charge in [0.15, 0.2) is 0 Å². The molecular weight excluding hydrogens is 318 g/mol. The van der Waals surface area contributed by atoms with Gasteiger partial charge in [0.25, 0.3) is 0 Å². The van der Waals surface area contributed by atoms with Crippen molar-refractivity contribution in [3.05, 3.63) is 65.2 Å². The highest BCUT2D eigenvalue weighted by Crippen LogP contribution is 2.34. The molecule has 2 N–H and O–H groups in total. The third-order valence-electron chi connectivity index (χ3n) is 4.70. The van der Waals surface area contributed by atoms with Crippen molar-refractivity contribution in [3.8, 4) is 5.75 Å². The molecule has 5 nitrogen and oxygen atoms in total. The third-order valence-corrected chi connectivity index (χ3v) is 4.70. The second-order valence-electron chi connectivity index (χ2n) is 6.25. The van der Waals surface area contributed by atoms with Gasteiger partial charge in [0, 0.05) is 6.54 Å². The molecule has 0 aliphatic heterocycles. The maximum absolute atomic E-state index is 12.4. The number of methoxy groups -OCH3 is 1. The van der Waals surface area contributed by atoms with Crippen LogP contribution in [0.25, 0.3) is 0 Å². The Kier molecular flexibility index (Phi) is 5.03. The van der Waals surface area contributed by atoms with Crippen LogP contribution in [0.1, 0.15) is 22.6 Å². The summed E-state index contributed by atoms with van der Waals surface area (Å²) in [5, 5.41) is 12.3. The number of fused-ring (bicyclic) bond motifs is 1. The zero-order chi connectivity index (χ0) is 17.8. The largest absolute Gasteiger partial charge is 0.496 e. The van der Waals surface area contributed by atoms with Gasteiger partial charge >= 0.3 is 5.97 Å². The quantitative estimate of drug-likeness (QED) is 0.812. The summed E-state index contributed by atoms with van der Waals surface area (Å²) >= 11 is 0. The van der Waals surface area contributed by atoms with Crippen LogP contribution >= 0.6 is 0 Å². The molecule has 0 fully saturated rings. The molecule has 1 amide bonds. The summed E-state index contributed by atoms with van der Waals surface area (Å²) < 4.78 is 5.28. The molecule has 5 heteroatoms. The number of carboxylic acid groups (broad SMARTS) is 1. The molecule has 0 saturated carbocycles. The molecule has 3 rings (SSSR count). The molecule has 1 aliphatic carbocycles. The number of hydrogen-bond donors (Lipinski definition) is 2. The molecule has 2 aromatic carbocycles. The molecule has 1 aliphatic rings. The van der Waals surface area contributed by atoms with Crippen LogP contribution in [0.5, 0.6) is 5.75 Å². The Morgan fingerprint density at radius 3 is 2.64 bits per heavy atom. The highest BCUT2D eigenvalue weighted by atomic mass is 16.5. The van der Waals surface area contributed by atoms with E-state index >= 15 is 0 Å². The molecular formula is C20H21NO4. The van der Waals surface area contributed by atoms with Crippen molar-refractivity contribution in [2.75, 3.05) is 13.7 Å². The van der Waals surface area contributed by atoms with E-state index < -0.39 is 11.9 Å². The fourth-order valence-electron chi connectivity index (χ4n) is 3.22. The van der Waals surface area contributed by atoms with Crippen LogP contribution in [0.3, 0.4) is 0 Å². The van der Waals surface area contributed by atoms with E-state index in [1.54, 1.807) is 13.2 Å². The number of carbonyl (C=O) groups excluding carboxylic acids is 1. The lowest BCUT2D eigenvalue weighted by Gasteiger charge is -2.29. The smallest absolute Gasteiger partial charge is 0.308 e. The maximum Gasteiger partial charge on any atom is 0.308 e. The number of benzene rings is 2. The third kappa shape index (κ3) is 3.65. The van der Waals surface area contributed by atoms with Gasteiger partial charge in [-0.1, -0.05) is 42.5 Å². The summed E-state index contributed by atoms with van der Waals surface area (Å²) in [6.45, 7) is 0.102. The minimum absolute atomic E-state index is 0.102. The fourth-order valence-corrected chi connectivity index (χ4v) is 3.22. The van der Waals surface area contributed by atoms with Gasteiger partial charge in [-0.2, -0.15) is 0 Å². The summed E-state index contributed by atoms with van der Waals surface area (Å²) in [4.78, 5) is 23.9. The van der Waals surface area contributed by atoms with E-state index in [4.69, 9.17) is 4.74 Å². The number of hydrogen-bond acceptors (Lipinski definition) is 3. The zero-order valence-corrected chi connectivity index (χ0v) is 14.1. The topological polar surface area (TPSA) is 75.6 Å². The van der Waals surface area contributed by atoms with Crippen molar-refractivity contribution in [3.63, 3.8) is 0 Å². The van der Waals surface area contributed by atoms with E-state index in [0.29, 0.717) is 18.6 Å². The molecule has 2 atom stereocenters. The van der Waals surface area contributed by atoms with Crippen molar-refractivity contribution in [1.82, 2.24) is 5.32 Å². The second-order valence-corrected chi connectivity index (χ2v) is 6.25. The van der Waals surface area contributed by atoms with Gasteiger partial charge in [-0.25, -0.2) is 0 Å². The molecule has 0 bridgehead atoms. The normalized spacial score (nSPS) is 16.3. The standard InChI is InChI=1S/C20H21NO4/c1-25-18-9-5-3-7-14(18)10-15(20(23)24)12-21-19(22)17-11-13-6-2-4-8-16(13)17/h2-9,15,17H,10-12H2,1H3,(H,21,22)(H,23,24). The highest BCUT2D eigenvalue weighted by Gasteiger charge is 2.32. The summed E-state index contributed by atoms with van der Waals surface area (Å²) in [5.41, 5.74) is 3.05. The van der Waals surface area contributed by atoms with E-state index in [1.807, 2.05) is 42.5 Å². The fraction of sp³-hybridized carbons (Fsp3) is 0.300. The van der Waals surface area contributed by atoms with Gasteiger partial charge in [0.1, 0.15) is 5.75 Å². The van der Waals surface area contributed by atoms with Gasteiger partial charge in [-0.15, -0.1) is 0 Å². The number of carboxylic acids is 1. The number of nitrogens with one attached hydrogen (secondary N) is 1. The number of carbonyl (C=O) groups is 2. The zero-order valence-electron chi connectivity index (χ0n) is 14.1. The molecule has 2 unspecified atom stereocenters. The Morgan fingerprint density at radius 2 is 1.92 bits per heavy atom. The van der Waals surface area contributed by atoms with Crippen LogP contribution in [0.2, 0.25) is 0 Å². The van der Waals surface area contributed by atoms with Crippen molar-refractivity contribution in [2.24, 2.45) is 5.92 Å². The summed E-state index contributed by atoms with van der Waals surface area (Å²) in [6, 6.07) is 15.2. The monoisotopic (exact) mass is 339 g/mol. The van der Waals surface area contributed by atoms with Crippen molar-refractivity contribution in [1.29, 1.82) is 0 Å². The minimum Gasteiger partial charge on any atom is -0.496 e. The van der Waals surface area contributed by atoms with E-state index in [-0.39, 0.29) is 18.4 Å². The Hall–Kier alpha value is -2.82. The van der Waals surface area contributed by atoms with Crippen LogP contribution in [0.15, 0.2) is 48.5 Å². The predicted octanol–water partition coefficient (Wildman–Crippen LogP) is 2.39. The Labute approximate surface area is 146 Å². The van der Waals surface area contributed by atoms with Crippen molar-refractivity contribution < 1.29 is 19.4 Å². The number of ether oxygens (including phenoxy) is 1. The average Bonchev–Trinajstić information content (AvgIpc) is 2.59. The molecule has 0 heterocycles. The average molecular weight is 339 g/mol. The minimum atomic E-state index is -0.930. The van der Waals surface area contributed by atoms with Crippen LogP contribution in [-0.2, 0) is 22.4 Å². The molecule has 0 aromatic heterocycles. The molecule has 25 heavy (non-hydrogen) atoms. The lowest BCUT2D eigenvalue weighted by molar-refractivity contribution is -0.141. The van der Waals surface area contributed by atoms with E-state index in [9.17, 15) is 14.7 Å². The maximum atomic E-state index is 12.4. The van der Waals surface area contributed by atoms with E-state index in [2.05, 4.69) is 5.32 Å². The predicted molar refractivity (Wildman–Crippen MR) is 93.7 cm³/mol. The van der Waals surface area contributed by atoms with Gasteiger partial charge in [0.05, 0.1) is 18.9 Å². The first-order chi connectivity index (χ1) is 12.1. The van der Waals surface area contributed by atoms with Crippen LogP contribution in [0, 0.1) is 5.92 Å². The van der Waals surface area contributed by atoms with Crippen LogP contribution in [0.4, 0.5) is 0 Å². The molecule has 130 valence electrons. The SMILES string of the molecule is COc1ccccc1CC(CNC(=O)C1Cc2ccccc21)C(=O)O. The summed E-state index contributed by atoms with van der Waals surface area (Å²) in [7, 11) is 1.56. The van der Waals surface area contributed by atoms with Gasteiger partial charge in [-0.3, -0.25) is 9.59 Å². The first kappa shape index (κ1) is 17.0. The van der Waals surface area contributed by atoms with Crippen molar-refractivity contribution >= 4 is 11.9 Å². The molecule has 0 saturated heterocycles. The number of amides is 1. The number of aliphatic carboxylic acids is 1. The van der Waals surface area contributed by atoms with Gasteiger partial charge in [-0.05, 0) is 35.6 Å². The van der Waals surface area contributed by atoms with Crippen LogP contribution < -0.4 is 10.1 Å². The highest BCUT2D eigenvalue weighted by molar-refractivity contribution is 5.87. The summed E-state index contributed by atoms with van der Waals surface area (Å²) in [5.74, 6) is -1.24. The van der Waals surface area contributed by atoms with Gasteiger partial charge in [0.2, 0.25) is 5.91 Å². The van der Waals surface area contributed by atoms with Crippen molar-refractivity contribution in [2.45, 2.75) is 18.8 Å².